The molecule has 4 N–H and O–H groups in total. The number of sulfonamides is 1. The quantitative estimate of drug-likeness (QED) is 0.282. The van der Waals surface area contributed by atoms with Crippen molar-refractivity contribution in [1.29, 1.82) is 0 Å². The van der Waals surface area contributed by atoms with Gasteiger partial charge in [-0.15, -0.1) is 11.3 Å². The van der Waals surface area contributed by atoms with Gasteiger partial charge < -0.3 is 15.7 Å². The SMILES string of the molecule is CCc1cccc(CNC[C@@H](O)[C@H](Cc2cc(F)cc(F)c2)NC(=O)c2nc(NS(C)(=O)=O)cs2)c1. The first-order valence-electron chi connectivity index (χ1n) is 11.2. The summed E-state index contributed by atoms with van der Waals surface area (Å²) in [4.78, 5) is 16.8. The van der Waals surface area contributed by atoms with Crippen molar-refractivity contribution < 1.29 is 27.1 Å². The van der Waals surface area contributed by atoms with Crippen LogP contribution in [0.15, 0.2) is 47.8 Å². The lowest BCUT2D eigenvalue weighted by atomic mass is 10.0. The third-order valence-corrected chi connectivity index (χ3v) is 6.65. The van der Waals surface area contributed by atoms with Crippen molar-refractivity contribution in [2.75, 3.05) is 17.5 Å². The van der Waals surface area contributed by atoms with Gasteiger partial charge in [-0.2, -0.15) is 0 Å². The van der Waals surface area contributed by atoms with E-state index in [2.05, 4.69) is 33.3 Å². The summed E-state index contributed by atoms with van der Waals surface area (Å²) in [6.07, 6.45) is 0.701. The lowest BCUT2D eigenvalue weighted by Crippen LogP contribution is -2.48. The molecule has 0 aliphatic carbocycles. The molecule has 3 aromatic rings. The molecule has 1 amide bonds. The number of nitrogens with zero attached hydrogens (tertiary/aromatic N) is 1. The Morgan fingerprint density at radius 3 is 2.47 bits per heavy atom. The molecule has 0 fully saturated rings. The van der Waals surface area contributed by atoms with Crippen LogP contribution in [0.4, 0.5) is 14.6 Å². The summed E-state index contributed by atoms with van der Waals surface area (Å²) in [5.41, 5.74) is 2.47. The number of rotatable bonds is 12. The van der Waals surface area contributed by atoms with E-state index in [1.54, 1.807) is 0 Å². The average Bonchev–Trinajstić information content (AvgIpc) is 3.25. The molecule has 36 heavy (non-hydrogen) atoms. The number of aliphatic hydroxyl groups excluding tert-OH is 1. The Morgan fingerprint density at radius 1 is 1.11 bits per heavy atom. The molecule has 1 aromatic heterocycles. The Kier molecular flexibility index (Phi) is 9.49. The summed E-state index contributed by atoms with van der Waals surface area (Å²) in [6, 6.07) is 10.1. The van der Waals surface area contributed by atoms with Crippen molar-refractivity contribution in [3.05, 3.63) is 81.2 Å². The summed E-state index contributed by atoms with van der Waals surface area (Å²) in [7, 11) is -3.57. The summed E-state index contributed by atoms with van der Waals surface area (Å²) in [5.74, 6) is -2.20. The minimum atomic E-state index is -3.57. The van der Waals surface area contributed by atoms with Crippen molar-refractivity contribution in [3.8, 4) is 0 Å². The van der Waals surface area contributed by atoms with E-state index in [0.29, 0.717) is 6.54 Å². The molecule has 0 aliphatic rings. The normalized spacial score (nSPS) is 13.2. The number of amides is 1. The fourth-order valence-corrected chi connectivity index (χ4v) is 4.79. The maximum Gasteiger partial charge on any atom is 0.280 e. The molecule has 194 valence electrons. The van der Waals surface area contributed by atoms with Crippen LogP contribution >= 0.6 is 11.3 Å². The molecule has 2 atom stereocenters. The zero-order valence-electron chi connectivity index (χ0n) is 19.8. The van der Waals surface area contributed by atoms with Gasteiger partial charge in [0.25, 0.3) is 5.91 Å². The van der Waals surface area contributed by atoms with Crippen LogP contribution in [0.2, 0.25) is 0 Å². The summed E-state index contributed by atoms with van der Waals surface area (Å²) in [5, 5.41) is 18.0. The highest BCUT2D eigenvalue weighted by atomic mass is 32.2. The van der Waals surface area contributed by atoms with E-state index in [9.17, 15) is 27.1 Å². The van der Waals surface area contributed by atoms with Gasteiger partial charge in [-0.05, 0) is 41.7 Å². The van der Waals surface area contributed by atoms with Crippen LogP contribution < -0.4 is 15.4 Å². The highest BCUT2D eigenvalue weighted by Gasteiger charge is 2.24. The maximum absolute atomic E-state index is 13.7. The van der Waals surface area contributed by atoms with Gasteiger partial charge in [0, 0.05) is 24.5 Å². The highest BCUT2D eigenvalue weighted by Crippen LogP contribution is 2.17. The van der Waals surface area contributed by atoms with Gasteiger partial charge in [-0.3, -0.25) is 9.52 Å². The Balaban J connectivity index is 1.71. The minimum Gasteiger partial charge on any atom is -0.390 e. The number of nitrogens with one attached hydrogen (secondary N) is 3. The highest BCUT2D eigenvalue weighted by molar-refractivity contribution is 7.92. The second kappa shape index (κ2) is 12.3. The number of halogens is 2. The molecule has 2 aromatic carbocycles. The maximum atomic E-state index is 13.7. The predicted molar refractivity (Wildman–Crippen MR) is 135 cm³/mol. The first-order valence-corrected chi connectivity index (χ1v) is 13.9. The molecule has 8 nitrogen and oxygen atoms in total. The van der Waals surface area contributed by atoms with E-state index in [-0.39, 0.29) is 29.4 Å². The number of aliphatic hydroxyl groups is 1. The van der Waals surface area contributed by atoms with Gasteiger partial charge >= 0.3 is 0 Å². The van der Waals surface area contributed by atoms with Crippen molar-refractivity contribution in [3.63, 3.8) is 0 Å². The molecule has 12 heteroatoms. The van der Waals surface area contributed by atoms with Crippen molar-refractivity contribution in [1.82, 2.24) is 15.6 Å². The number of thiazole rings is 1. The monoisotopic (exact) mass is 538 g/mol. The number of aryl methyl sites for hydroxylation is 1. The van der Waals surface area contributed by atoms with Crippen molar-refractivity contribution >= 4 is 33.1 Å². The lowest BCUT2D eigenvalue weighted by molar-refractivity contribution is 0.0829. The molecule has 0 aliphatic heterocycles. The van der Waals surface area contributed by atoms with Crippen LogP contribution in [0.25, 0.3) is 0 Å². The number of benzene rings is 2. The van der Waals surface area contributed by atoms with Gasteiger partial charge in [-0.25, -0.2) is 22.2 Å². The minimum absolute atomic E-state index is 0.00655. The van der Waals surface area contributed by atoms with Gasteiger partial charge in [0.1, 0.15) is 11.6 Å². The lowest BCUT2D eigenvalue weighted by Gasteiger charge is -2.24. The molecule has 3 rings (SSSR count). The van der Waals surface area contributed by atoms with E-state index in [1.807, 2.05) is 18.2 Å². The molecule has 0 saturated heterocycles. The molecule has 0 bridgehead atoms. The van der Waals surface area contributed by atoms with Crippen LogP contribution in [0.5, 0.6) is 0 Å². The number of hydrogen-bond donors (Lipinski definition) is 4. The molecule has 1 heterocycles. The molecule has 0 spiro atoms. The van der Waals surface area contributed by atoms with Crippen LogP contribution in [-0.4, -0.2) is 49.4 Å². The molecule has 0 saturated carbocycles. The fraction of sp³-hybridized carbons (Fsp3) is 0.333. The first-order chi connectivity index (χ1) is 17.0. The van der Waals surface area contributed by atoms with Crippen molar-refractivity contribution in [2.24, 2.45) is 0 Å². The Labute approximate surface area is 212 Å². The van der Waals surface area contributed by atoms with Crippen LogP contribution in [0.3, 0.4) is 0 Å². The number of carbonyl (C=O) groups is 1. The standard InChI is InChI=1S/C24H28F2N4O4S2/c1-3-15-5-4-6-16(7-15)12-27-13-21(31)20(10-17-8-18(25)11-19(26)9-17)28-23(32)24-29-22(14-35-24)30-36(2,33)34/h4-9,11,14,20-21,27,30-31H,3,10,12-13H2,1-2H3,(H,28,32)/t20-,21+/m0/s1. The van der Waals surface area contributed by atoms with Gasteiger partial charge in [0.05, 0.1) is 18.4 Å². The second-order valence-corrected chi connectivity index (χ2v) is 11.0. The molecule has 0 unspecified atom stereocenters. The van der Waals surface area contributed by atoms with E-state index >= 15 is 0 Å². The Bertz CT molecular complexity index is 1280. The zero-order valence-corrected chi connectivity index (χ0v) is 21.4. The second-order valence-electron chi connectivity index (χ2n) is 8.35. The topological polar surface area (TPSA) is 120 Å². The van der Waals surface area contributed by atoms with E-state index in [1.165, 1.54) is 10.9 Å². The number of aromatic nitrogens is 1. The summed E-state index contributed by atoms with van der Waals surface area (Å²) >= 11 is 0.914. The summed E-state index contributed by atoms with van der Waals surface area (Å²) < 4.78 is 52.4. The smallest absolute Gasteiger partial charge is 0.280 e. The zero-order chi connectivity index (χ0) is 26.3. The van der Waals surface area contributed by atoms with Gasteiger partial charge in [0.15, 0.2) is 10.8 Å². The third kappa shape index (κ3) is 8.63. The first kappa shape index (κ1) is 27.7. The van der Waals surface area contributed by atoms with Crippen LogP contribution in [-0.2, 0) is 29.4 Å². The summed E-state index contributed by atoms with van der Waals surface area (Å²) in [6.45, 7) is 2.63. The fourth-order valence-electron chi connectivity index (χ4n) is 3.58. The number of carbonyl (C=O) groups excluding carboxylic acids is 1. The number of anilines is 1. The molecular weight excluding hydrogens is 510 g/mol. The predicted octanol–water partition coefficient (Wildman–Crippen LogP) is 2.85. The third-order valence-electron chi connectivity index (χ3n) is 5.23. The van der Waals surface area contributed by atoms with Crippen molar-refractivity contribution in [2.45, 2.75) is 38.5 Å². The Hall–Kier alpha value is -2.93. The largest absolute Gasteiger partial charge is 0.390 e. The van der Waals surface area contributed by atoms with Crippen LogP contribution in [0, 0.1) is 11.6 Å². The van der Waals surface area contributed by atoms with Gasteiger partial charge in [0.2, 0.25) is 10.0 Å². The number of hydrogen-bond acceptors (Lipinski definition) is 7. The van der Waals surface area contributed by atoms with E-state index in [0.717, 1.165) is 47.8 Å². The Morgan fingerprint density at radius 2 is 1.81 bits per heavy atom. The van der Waals surface area contributed by atoms with Gasteiger partial charge in [-0.1, -0.05) is 31.2 Å². The molecule has 0 radical (unpaired) electrons. The molecular formula is C24H28F2N4O4S2. The van der Waals surface area contributed by atoms with E-state index < -0.39 is 39.7 Å². The average molecular weight is 539 g/mol. The van der Waals surface area contributed by atoms with Crippen LogP contribution in [0.1, 0.15) is 33.4 Å². The van der Waals surface area contributed by atoms with E-state index in [4.69, 9.17) is 0 Å².